The number of rotatable bonds is 21. The smallest absolute Gasteiger partial charge is 0.246 e. The molecular weight excluding hydrogens is 1010 g/mol. The van der Waals surface area contributed by atoms with Gasteiger partial charge in [-0.05, 0) is 93.3 Å². The van der Waals surface area contributed by atoms with E-state index in [1.807, 2.05) is 126 Å². The largest absolute Gasteiger partial charge is 0.494 e. The number of nitrogens with one attached hydrogen (secondary N) is 3. The number of oxazole rings is 1. The first-order chi connectivity index (χ1) is 36.4. The molecule has 0 aliphatic carbocycles. The number of fused-ring (bicyclic) bond motifs is 3. The van der Waals surface area contributed by atoms with E-state index in [-0.39, 0.29) is 55.9 Å². The summed E-state index contributed by atoms with van der Waals surface area (Å²) in [7, 11) is 0. The van der Waals surface area contributed by atoms with Gasteiger partial charge < -0.3 is 39.5 Å². The number of nitrogens with zero attached hydrogens (tertiary/aromatic N) is 6. The molecule has 1 unspecified atom stereocenters. The Morgan fingerprint density at radius 1 is 0.868 bits per heavy atom. The van der Waals surface area contributed by atoms with Crippen molar-refractivity contribution in [3.63, 3.8) is 0 Å². The molecule has 1 fully saturated rings. The number of amides is 4. The van der Waals surface area contributed by atoms with Crippen LogP contribution in [0.1, 0.15) is 116 Å². The minimum Gasteiger partial charge on any atom is -0.494 e. The predicted molar refractivity (Wildman–Crippen MR) is 292 cm³/mol. The van der Waals surface area contributed by atoms with E-state index < -0.39 is 29.4 Å². The van der Waals surface area contributed by atoms with Gasteiger partial charge in [0.25, 0.3) is 0 Å². The summed E-state index contributed by atoms with van der Waals surface area (Å²) in [5.74, 6) is 1.71. The van der Waals surface area contributed by atoms with Crippen LogP contribution in [0.4, 0.5) is 0 Å². The van der Waals surface area contributed by atoms with Gasteiger partial charge in [-0.15, -0.1) is 21.5 Å². The average Bonchev–Trinajstić information content (AvgIpc) is 4.16. The van der Waals surface area contributed by atoms with Crippen LogP contribution < -0.4 is 20.7 Å². The van der Waals surface area contributed by atoms with Crippen molar-refractivity contribution >= 4 is 52.3 Å². The Balaban J connectivity index is 0.734. The summed E-state index contributed by atoms with van der Waals surface area (Å²) < 4.78 is 24.8. The quantitative estimate of drug-likeness (QED) is 0.0581. The van der Waals surface area contributed by atoms with Crippen molar-refractivity contribution in [1.82, 2.24) is 40.6 Å². The molecule has 5 heterocycles. The minimum absolute atomic E-state index is 0.0752. The van der Waals surface area contributed by atoms with Crippen molar-refractivity contribution in [2.45, 2.75) is 112 Å². The third-order valence-corrected chi connectivity index (χ3v) is 15.2. The molecule has 3 aromatic heterocycles. The van der Waals surface area contributed by atoms with E-state index in [4.69, 9.17) is 35.2 Å². The summed E-state index contributed by atoms with van der Waals surface area (Å²) in [4.78, 5) is 66.7. The molecular formula is C57H68ClN9O8S. The molecule has 0 spiro atoms. The highest BCUT2D eigenvalue weighted by molar-refractivity contribution is 7.15. The van der Waals surface area contributed by atoms with Gasteiger partial charge >= 0.3 is 0 Å². The van der Waals surface area contributed by atoms with Crippen molar-refractivity contribution in [1.29, 1.82) is 0 Å². The highest BCUT2D eigenvalue weighted by atomic mass is 35.5. The second-order valence-corrected chi connectivity index (χ2v) is 22.4. The Hall–Kier alpha value is -6.73. The summed E-state index contributed by atoms with van der Waals surface area (Å²) in [5.41, 5.74) is 6.72. The van der Waals surface area contributed by atoms with Crippen molar-refractivity contribution in [3.8, 4) is 22.1 Å². The molecule has 2 aliphatic rings. The number of halogens is 1. The van der Waals surface area contributed by atoms with E-state index in [1.165, 1.54) is 11.3 Å². The molecule has 3 aromatic carbocycles. The zero-order chi connectivity index (χ0) is 54.3. The lowest BCUT2D eigenvalue weighted by Crippen LogP contribution is -2.58. The Labute approximate surface area is 453 Å². The third kappa shape index (κ3) is 13.3. The lowest BCUT2D eigenvalue weighted by atomic mass is 9.85. The number of thiophene rings is 1. The van der Waals surface area contributed by atoms with Crippen LogP contribution in [0.25, 0.3) is 16.3 Å². The topological polar surface area (TPSA) is 204 Å². The summed E-state index contributed by atoms with van der Waals surface area (Å²) in [6.07, 6.45) is 2.64. The monoisotopic (exact) mass is 1070 g/mol. The number of likely N-dealkylation sites (tertiary alicyclic amines) is 1. The number of aryl methyl sites for hydroxylation is 3. The van der Waals surface area contributed by atoms with Crippen LogP contribution in [-0.2, 0) is 35.2 Å². The molecule has 6 aromatic rings. The maximum absolute atomic E-state index is 14.1. The summed E-state index contributed by atoms with van der Waals surface area (Å²) >= 11 is 7.94. The molecule has 5 atom stereocenters. The molecule has 8 rings (SSSR count). The predicted octanol–water partition coefficient (Wildman–Crippen LogP) is 8.92. The molecule has 0 bridgehead atoms. The minimum atomic E-state index is -0.874. The highest BCUT2D eigenvalue weighted by Gasteiger charge is 2.44. The second kappa shape index (κ2) is 24.5. The Morgan fingerprint density at radius 2 is 1.58 bits per heavy atom. The molecule has 2 aliphatic heterocycles. The van der Waals surface area contributed by atoms with Gasteiger partial charge in [0.2, 0.25) is 23.6 Å². The van der Waals surface area contributed by atoms with E-state index in [9.17, 15) is 19.2 Å². The third-order valence-electron chi connectivity index (χ3n) is 13.7. The van der Waals surface area contributed by atoms with Crippen LogP contribution >= 0.6 is 22.9 Å². The van der Waals surface area contributed by atoms with E-state index in [2.05, 4.69) is 45.0 Å². The van der Waals surface area contributed by atoms with E-state index >= 15 is 0 Å². The summed E-state index contributed by atoms with van der Waals surface area (Å²) in [6, 6.07) is 20.5. The van der Waals surface area contributed by atoms with Crippen LogP contribution in [0.15, 0.2) is 88.6 Å². The van der Waals surface area contributed by atoms with E-state index in [0.29, 0.717) is 61.5 Å². The molecule has 3 N–H and O–H groups in total. The van der Waals surface area contributed by atoms with E-state index in [0.717, 1.165) is 55.6 Å². The van der Waals surface area contributed by atoms with Gasteiger partial charge in [-0.25, -0.2) is 4.98 Å². The zero-order valence-corrected chi connectivity index (χ0v) is 46.3. The maximum atomic E-state index is 14.1. The van der Waals surface area contributed by atoms with Gasteiger partial charge in [-0.3, -0.25) is 28.7 Å². The van der Waals surface area contributed by atoms with Crippen molar-refractivity contribution in [3.05, 3.63) is 134 Å². The molecule has 19 heteroatoms. The number of hydrogen-bond acceptors (Lipinski definition) is 13. The van der Waals surface area contributed by atoms with Crippen LogP contribution in [-0.4, -0.2) is 106 Å². The molecule has 0 saturated carbocycles. The summed E-state index contributed by atoms with van der Waals surface area (Å²) in [6.45, 7) is 19.4. The lowest BCUT2D eigenvalue weighted by molar-refractivity contribution is -0.144. The first-order valence-electron chi connectivity index (χ1n) is 25.8. The lowest BCUT2D eigenvalue weighted by Gasteiger charge is -2.35. The number of carbonyl (C=O) groups is 4. The average molecular weight is 1070 g/mol. The number of aliphatic imine (C=N–C) groups is 1. The van der Waals surface area contributed by atoms with Crippen molar-refractivity contribution in [2.75, 3.05) is 39.6 Å². The second-order valence-electron chi connectivity index (χ2n) is 20.7. The number of hydrogen-bond donors (Lipinski definition) is 3. The van der Waals surface area contributed by atoms with Gasteiger partial charge in [-0.2, -0.15) is 0 Å². The standard InChI is InChI=1S/C57H68ClN9O8S/c1-33-27-46(54(70)59-29-39-11-13-42(14-12-39)51-36(4)60-32-75-51)66(30-33)55(71)52(57(7,8)9)63-48(69)31-73-26-25-72-23-10-24-74-44-21-17-40(18-22-44)35(3)61-47(68)28-45-53-65-64-38(6)67(53)56-49(34(2)37(5)76-56)50(62-45)41-15-19-43(58)20-16-41/h11-22,32-33,35,45-46,52H,10,23-31H2,1-9H3,(H,59,70)(H,61,68)(H,63,69)/t33-,35-,45+,46+,52?/m1/s1. The van der Waals surface area contributed by atoms with Crippen LogP contribution in [0, 0.1) is 39.0 Å². The SMILES string of the molecule is Cc1ncoc1-c1ccc(CNC(=O)[C@@H]2C[C@@H](C)CN2C(=O)C(NC(=O)COCCOCCCOc2ccc([C@@H](C)NC(=O)C[C@@H]3N=C(c4ccc(Cl)cc4)c4c(sc(C)c4C)-n4c(C)nnc43)cc2)C(C)(C)C)cc1. The van der Waals surface area contributed by atoms with Crippen LogP contribution in [0.3, 0.4) is 0 Å². The van der Waals surface area contributed by atoms with Crippen molar-refractivity contribution < 1.29 is 37.8 Å². The molecule has 76 heavy (non-hydrogen) atoms. The zero-order valence-electron chi connectivity index (χ0n) is 44.7. The Morgan fingerprint density at radius 3 is 2.28 bits per heavy atom. The molecule has 1 saturated heterocycles. The first-order valence-corrected chi connectivity index (χ1v) is 27.0. The fourth-order valence-corrected chi connectivity index (χ4v) is 10.8. The maximum Gasteiger partial charge on any atom is 0.246 e. The molecule has 17 nitrogen and oxygen atoms in total. The number of ether oxygens (including phenoxy) is 3. The summed E-state index contributed by atoms with van der Waals surface area (Å²) in [5, 5.41) is 19.6. The van der Waals surface area contributed by atoms with Gasteiger partial charge in [0.05, 0.1) is 43.7 Å². The van der Waals surface area contributed by atoms with Gasteiger partial charge in [0, 0.05) is 52.7 Å². The number of carbonyl (C=O) groups excluding carboxylic acids is 4. The Bertz CT molecular complexity index is 3030. The molecule has 402 valence electrons. The molecule has 0 radical (unpaired) electrons. The fourth-order valence-electron chi connectivity index (χ4n) is 9.50. The molecule has 4 amide bonds. The highest BCUT2D eigenvalue weighted by Crippen LogP contribution is 2.40. The van der Waals surface area contributed by atoms with Crippen LogP contribution in [0.2, 0.25) is 5.02 Å². The fraction of sp³-hybridized carbons (Fsp3) is 0.439. The first kappa shape index (κ1) is 55.5. The number of benzene rings is 3. The van der Waals surface area contributed by atoms with Gasteiger partial charge in [0.15, 0.2) is 18.0 Å². The van der Waals surface area contributed by atoms with E-state index in [1.54, 1.807) is 16.2 Å². The number of aromatic nitrogens is 4. The Kier molecular flexibility index (Phi) is 17.9. The van der Waals surface area contributed by atoms with Gasteiger partial charge in [0.1, 0.15) is 41.3 Å². The van der Waals surface area contributed by atoms with Crippen molar-refractivity contribution in [2.24, 2.45) is 16.3 Å². The van der Waals surface area contributed by atoms with Gasteiger partial charge in [-0.1, -0.05) is 87.8 Å². The van der Waals surface area contributed by atoms with Crippen LogP contribution in [0.5, 0.6) is 5.75 Å². The normalized spacial score (nSPS) is 17.0.